The van der Waals surface area contributed by atoms with E-state index in [0.29, 0.717) is 4.90 Å². The Morgan fingerprint density at radius 1 is 0.850 bits per heavy atom. The fourth-order valence-corrected chi connectivity index (χ4v) is 4.42. The number of amides is 2. The molecule has 1 heterocycles. The summed E-state index contributed by atoms with van der Waals surface area (Å²) in [6.07, 6.45) is -7.80. The molecule has 1 aliphatic heterocycles. The van der Waals surface area contributed by atoms with Crippen LogP contribution in [0.25, 0.3) is 0 Å². The molecule has 0 unspecified atom stereocenters. The van der Waals surface area contributed by atoms with Crippen LogP contribution < -0.4 is 0 Å². The van der Waals surface area contributed by atoms with Crippen molar-refractivity contribution < 1.29 is 66.7 Å². The summed E-state index contributed by atoms with van der Waals surface area (Å²) >= 11 is 0. The summed E-state index contributed by atoms with van der Waals surface area (Å²) in [7, 11) is 1.04. The lowest BCUT2D eigenvalue weighted by Crippen LogP contribution is -2.70. The van der Waals surface area contributed by atoms with Gasteiger partial charge in [-0.05, 0) is 13.8 Å². The maximum atomic E-state index is 13.1. The minimum absolute atomic E-state index is 0.551. The van der Waals surface area contributed by atoms with E-state index in [9.17, 15) is 33.6 Å². The fraction of sp³-hybridized carbons (Fsp3) is 0.720. The lowest BCUT2D eigenvalue weighted by atomic mass is 9.86. The lowest BCUT2D eigenvalue weighted by Gasteiger charge is -2.51. The molecule has 2 amide bonds. The molecular formula is C25H37NO14. The molecule has 0 aromatic rings. The minimum Gasteiger partial charge on any atom is -0.465 e. The highest BCUT2D eigenvalue weighted by molar-refractivity contribution is 5.93. The van der Waals surface area contributed by atoms with Crippen molar-refractivity contribution in [3.05, 3.63) is 0 Å². The smallest absolute Gasteiger partial charge is 0.366 e. The number of rotatable bonds is 11. The van der Waals surface area contributed by atoms with Crippen LogP contribution in [0.2, 0.25) is 0 Å². The SMILES string of the molecule is COC(=O)[C@@]1(OC(C)C)C[C@H](OC(C)=O)[C@@H](N(C(C)=O)C(C)=O)[C@H]([C@H](OC(C)=O)[C@@H](COC(C)=O)OC(C)=O)O1. The molecule has 0 radical (unpaired) electrons. The lowest BCUT2D eigenvalue weighted by molar-refractivity contribution is -0.327. The summed E-state index contributed by atoms with van der Waals surface area (Å²) in [4.78, 5) is 87.3. The Balaban J connectivity index is 4.06. The zero-order chi connectivity index (χ0) is 30.9. The molecule has 1 aliphatic rings. The number of esters is 5. The van der Waals surface area contributed by atoms with Gasteiger partial charge in [-0.3, -0.25) is 33.7 Å². The Hall–Kier alpha value is -3.59. The summed E-state index contributed by atoms with van der Waals surface area (Å²) in [5.74, 6) is -8.48. The second-order valence-corrected chi connectivity index (χ2v) is 9.27. The van der Waals surface area contributed by atoms with Crippen LogP contribution in [0.5, 0.6) is 0 Å². The molecular weight excluding hydrogens is 538 g/mol. The Bertz CT molecular complexity index is 980. The Morgan fingerprint density at radius 3 is 1.80 bits per heavy atom. The van der Waals surface area contributed by atoms with Crippen molar-refractivity contribution in [3.8, 4) is 0 Å². The van der Waals surface area contributed by atoms with Gasteiger partial charge in [0, 0.05) is 41.5 Å². The topological polar surface area (TPSA) is 187 Å². The first-order valence-electron chi connectivity index (χ1n) is 12.3. The molecule has 1 rings (SSSR count). The van der Waals surface area contributed by atoms with E-state index in [0.717, 1.165) is 48.7 Å². The average Bonchev–Trinajstić information content (AvgIpc) is 2.79. The zero-order valence-corrected chi connectivity index (χ0v) is 24.0. The van der Waals surface area contributed by atoms with Gasteiger partial charge in [-0.2, -0.15) is 0 Å². The van der Waals surface area contributed by atoms with E-state index in [-0.39, 0.29) is 0 Å². The first-order valence-corrected chi connectivity index (χ1v) is 12.3. The van der Waals surface area contributed by atoms with Crippen molar-refractivity contribution >= 4 is 41.7 Å². The van der Waals surface area contributed by atoms with Crippen molar-refractivity contribution in [1.29, 1.82) is 0 Å². The molecule has 0 aromatic carbocycles. The molecule has 6 atom stereocenters. The van der Waals surface area contributed by atoms with Crippen LogP contribution in [0.4, 0.5) is 0 Å². The van der Waals surface area contributed by atoms with Crippen LogP contribution in [0.15, 0.2) is 0 Å². The Kier molecular flexibility index (Phi) is 12.7. The second-order valence-electron chi connectivity index (χ2n) is 9.27. The first-order chi connectivity index (χ1) is 18.4. The molecule has 0 saturated carbocycles. The number of ether oxygens (including phenoxy) is 7. The van der Waals surface area contributed by atoms with Gasteiger partial charge in [0.25, 0.3) is 5.79 Å². The number of carbonyl (C=O) groups is 7. The van der Waals surface area contributed by atoms with Gasteiger partial charge < -0.3 is 33.2 Å². The molecule has 0 spiro atoms. The number of carbonyl (C=O) groups excluding carboxylic acids is 7. The molecule has 0 N–H and O–H groups in total. The second kappa shape index (κ2) is 14.7. The molecule has 0 aliphatic carbocycles. The number of hydrogen-bond donors (Lipinski definition) is 0. The summed E-state index contributed by atoms with van der Waals surface area (Å²) < 4.78 is 38.1. The third kappa shape index (κ3) is 9.26. The van der Waals surface area contributed by atoms with Crippen molar-refractivity contribution in [2.45, 2.75) is 104 Å². The van der Waals surface area contributed by atoms with Crippen LogP contribution >= 0.6 is 0 Å². The summed E-state index contributed by atoms with van der Waals surface area (Å²) in [6.45, 7) is 8.77. The zero-order valence-electron chi connectivity index (χ0n) is 24.0. The molecule has 0 bridgehead atoms. The van der Waals surface area contributed by atoms with Crippen LogP contribution in [-0.4, -0.2) is 103 Å². The number of methoxy groups -OCH3 is 1. The van der Waals surface area contributed by atoms with Gasteiger partial charge in [-0.25, -0.2) is 4.79 Å². The van der Waals surface area contributed by atoms with Gasteiger partial charge in [0.2, 0.25) is 11.8 Å². The van der Waals surface area contributed by atoms with Gasteiger partial charge in [-0.15, -0.1) is 0 Å². The van der Waals surface area contributed by atoms with E-state index in [1.54, 1.807) is 13.8 Å². The minimum atomic E-state index is -2.32. The molecule has 40 heavy (non-hydrogen) atoms. The van der Waals surface area contributed by atoms with Gasteiger partial charge in [-0.1, -0.05) is 0 Å². The highest BCUT2D eigenvalue weighted by Gasteiger charge is 2.61. The van der Waals surface area contributed by atoms with Crippen molar-refractivity contribution in [1.82, 2.24) is 4.90 Å². The normalized spacial score (nSPS) is 23.7. The number of hydrogen-bond acceptors (Lipinski definition) is 14. The molecule has 1 fully saturated rings. The summed E-state index contributed by atoms with van der Waals surface area (Å²) in [5, 5.41) is 0. The van der Waals surface area contributed by atoms with Crippen LogP contribution in [0, 0.1) is 0 Å². The first kappa shape index (κ1) is 34.4. The quantitative estimate of drug-likeness (QED) is 0.240. The number of imide groups is 1. The Labute approximate surface area is 231 Å². The van der Waals surface area contributed by atoms with Crippen LogP contribution in [-0.2, 0) is 66.7 Å². The summed E-state index contributed by atoms with van der Waals surface area (Å²) in [5.41, 5.74) is 0. The average molecular weight is 576 g/mol. The van der Waals surface area contributed by atoms with Gasteiger partial charge in [0.1, 0.15) is 24.9 Å². The predicted molar refractivity (Wildman–Crippen MR) is 131 cm³/mol. The van der Waals surface area contributed by atoms with E-state index >= 15 is 0 Å². The van der Waals surface area contributed by atoms with E-state index in [1.807, 2.05) is 0 Å². The van der Waals surface area contributed by atoms with E-state index in [1.165, 1.54) is 0 Å². The predicted octanol–water partition coefficient (Wildman–Crippen LogP) is 0.191. The van der Waals surface area contributed by atoms with Gasteiger partial charge >= 0.3 is 29.8 Å². The third-order valence-corrected chi connectivity index (χ3v) is 5.49. The Morgan fingerprint density at radius 2 is 1.40 bits per heavy atom. The fourth-order valence-electron chi connectivity index (χ4n) is 4.42. The largest absolute Gasteiger partial charge is 0.465 e. The standard InChI is InChI=1S/C25H37NO14/c1-12(2)39-25(24(33)34-9)10-19(36-16(6)30)21(26(13(3)27)14(4)28)23(40-25)22(38-18(8)32)20(37-17(7)31)11-35-15(5)29/h12,19-23H,10-11H2,1-9H3/t19-,20+,21+,22+,23+,25+/m0/s1. The highest BCUT2D eigenvalue weighted by Crippen LogP contribution is 2.39. The molecule has 15 nitrogen and oxygen atoms in total. The highest BCUT2D eigenvalue weighted by atomic mass is 16.7. The van der Waals surface area contributed by atoms with Gasteiger partial charge in [0.05, 0.1) is 19.6 Å². The molecule has 15 heteroatoms. The molecule has 0 aromatic heterocycles. The van der Waals surface area contributed by atoms with Crippen molar-refractivity contribution in [2.24, 2.45) is 0 Å². The third-order valence-electron chi connectivity index (χ3n) is 5.49. The maximum absolute atomic E-state index is 13.1. The molecule has 1 saturated heterocycles. The monoisotopic (exact) mass is 575 g/mol. The van der Waals surface area contributed by atoms with Crippen LogP contribution in [0.3, 0.4) is 0 Å². The van der Waals surface area contributed by atoms with E-state index < -0.39 is 97.0 Å². The number of nitrogens with zero attached hydrogens (tertiary/aromatic N) is 1. The van der Waals surface area contributed by atoms with Crippen molar-refractivity contribution in [3.63, 3.8) is 0 Å². The summed E-state index contributed by atoms with van der Waals surface area (Å²) in [6, 6.07) is -1.55. The van der Waals surface area contributed by atoms with Crippen LogP contribution in [0.1, 0.15) is 61.8 Å². The van der Waals surface area contributed by atoms with Gasteiger partial charge in [0.15, 0.2) is 12.2 Å². The molecule has 226 valence electrons. The van der Waals surface area contributed by atoms with E-state index in [4.69, 9.17) is 33.2 Å². The van der Waals surface area contributed by atoms with E-state index in [2.05, 4.69) is 0 Å². The van der Waals surface area contributed by atoms with Crippen molar-refractivity contribution in [2.75, 3.05) is 13.7 Å². The maximum Gasteiger partial charge on any atom is 0.366 e.